The van der Waals surface area contributed by atoms with Crippen LogP contribution in [0.5, 0.6) is 0 Å². The normalized spacial score (nSPS) is 10.8. The zero-order valence-corrected chi connectivity index (χ0v) is 12.7. The molecular weight excluding hydrogens is 267 g/mol. The molecule has 0 spiro atoms. The minimum absolute atomic E-state index is 0.193. The van der Waals surface area contributed by atoms with E-state index in [0.717, 1.165) is 36.5 Å². The Bertz CT molecular complexity index is 540. The van der Waals surface area contributed by atoms with Crippen molar-refractivity contribution in [1.29, 1.82) is 0 Å². The van der Waals surface area contributed by atoms with E-state index < -0.39 is 0 Å². The number of anilines is 1. The van der Waals surface area contributed by atoms with Gasteiger partial charge in [0.1, 0.15) is 11.6 Å². The summed E-state index contributed by atoms with van der Waals surface area (Å²) < 4.78 is 19.0. The first kappa shape index (κ1) is 15.6. The number of nitrogens with zero attached hydrogens (tertiary/aromatic N) is 1. The Labute approximate surface area is 125 Å². The number of furan rings is 1. The largest absolute Gasteiger partial charge is 0.467 e. The van der Waals surface area contributed by atoms with E-state index in [1.165, 1.54) is 6.07 Å². The molecule has 1 aromatic carbocycles. The summed E-state index contributed by atoms with van der Waals surface area (Å²) in [5, 5.41) is 3.34. The van der Waals surface area contributed by atoms with E-state index >= 15 is 0 Å². The van der Waals surface area contributed by atoms with E-state index in [1.54, 1.807) is 12.3 Å². The van der Waals surface area contributed by atoms with Crippen molar-refractivity contribution in [2.45, 2.75) is 33.4 Å². The lowest BCUT2D eigenvalue weighted by molar-refractivity contribution is 0.503. The molecule has 0 saturated heterocycles. The van der Waals surface area contributed by atoms with Crippen LogP contribution in [0.2, 0.25) is 0 Å². The van der Waals surface area contributed by atoms with Gasteiger partial charge < -0.3 is 14.6 Å². The summed E-state index contributed by atoms with van der Waals surface area (Å²) in [4.78, 5) is 2.20. The zero-order chi connectivity index (χ0) is 15.1. The summed E-state index contributed by atoms with van der Waals surface area (Å²) >= 11 is 0. The lowest BCUT2D eigenvalue weighted by atomic mass is 10.1. The molecule has 4 heteroatoms. The first-order chi connectivity index (χ1) is 10.2. The smallest absolute Gasteiger partial charge is 0.123 e. The summed E-state index contributed by atoms with van der Waals surface area (Å²) in [7, 11) is 0. The Balaban J connectivity index is 2.18. The molecule has 0 aliphatic rings. The van der Waals surface area contributed by atoms with Crippen molar-refractivity contribution in [3.63, 3.8) is 0 Å². The highest BCUT2D eigenvalue weighted by Gasteiger charge is 2.12. The lowest BCUT2D eigenvalue weighted by Gasteiger charge is -2.25. The van der Waals surface area contributed by atoms with Gasteiger partial charge in [-0.1, -0.05) is 6.92 Å². The topological polar surface area (TPSA) is 28.4 Å². The number of nitrogens with one attached hydrogen (secondary N) is 1. The molecule has 0 fully saturated rings. The summed E-state index contributed by atoms with van der Waals surface area (Å²) in [6.07, 6.45) is 2.74. The van der Waals surface area contributed by atoms with Gasteiger partial charge in [-0.3, -0.25) is 0 Å². The van der Waals surface area contributed by atoms with Crippen molar-refractivity contribution in [3.8, 4) is 0 Å². The van der Waals surface area contributed by atoms with Crippen molar-refractivity contribution < 1.29 is 8.81 Å². The Kier molecular flexibility index (Phi) is 5.81. The Morgan fingerprint density at radius 2 is 2.10 bits per heavy atom. The molecular formula is C17H23FN2O. The minimum Gasteiger partial charge on any atom is -0.467 e. The van der Waals surface area contributed by atoms with E-state index in [9.17, 15) is 4.39 Å². The predicted octanol–water partition coefficient (Wildman–Crippen LogP) is 3.94. The molecule has 0 aliphatic heterocycles. The summed E-state index contributed by atoms with van der Waals surface area (Å²) in [5.41, 5.74) is 2.04. The summed E-state index contributed by atoms with van der Waals surface area (Å²) in [6, 6.07) is 8.83. The highest BCUT2D eigenvalue weighted by atomic mass is 19.1. The molecule has 0 aliphatic carbocycles. The molecule has 0 radical (unpaired) electrons. The highest BCUT2D eigenvalue weighted by molar-refractivity contribution is 5.54. The average molecular weight is 290 g/mol. The van der Waals surface area contributed by atoms with Gasteiger partial charge in [0.25, 0.3) is 0 Å². The number of benzene rings is 1. The Morgan fingerprint density at radius 1 is 1.24 bits per heavy atom. The average Bonchev–Trinajstić information content (AvgIpc) is 2.99. The van der Waals surface area contributed by atoms with Crippen molar-refractivity contribution in [3.05, 3.63) is 53.7 Å². The maximum atomic E-state index is 13.5. The van der Waals surface area contributed by atoms with Crippen LogP contribution in [0.4, 0.5) is 10.1 Å². The number of halogens is 1. The highest BCUT2D eigenvalue weighted by Crippen LogP contribution is 2.23. The van der Waals surface area contributed by atoms with Crippen LogP contribution < -0.4 is 10.2 Å². The fourth-order valence-electron chi connectivity index (χ4n) is 2.36. The second-order valence-corrected chi connectivity index (χ2v) is 5.04. The molecule has 0 atom stereocenters. The maximum Gasteiger partial charge on any atom is 0.123 e. The molecule has 1 aromatic heterocycles. The monoisotopic (exact) mass is 290 g/mol. The van der Waals surface area contributed by atoms with Crippen molar-refractivity contribution >= 4 is 5.69 Å². The molecule has 0 amide bonds. The molecule has 0 unspecified atom stereocenters. The molecule has 1 N–H and O–H groups in total. The minimum atomic E-state index is -0.193. The van der Waals surface area contributed by atoms with Crippen molar-refractivity contribution in [2.24, 2.45) is 0 Å². The van der Waals surface area contributed by atoms with E-state index in [1.807, 2.05) is 18.2 Å². The van der Waals surface area contributed by atoms with Gasteiger partial charge in [0.15, 0.2) is 0 Å². The first-order valence-corrected chi connectivity index (χ1v) is 7.51. The third kappa shape index (κ3) is 4.33. The SMILES string of the molecule is CCCNCc1cc(F)ccc1N(CC)Cc1ccco1. The van der Waals surface area contributed by atoms with Crippen LogP contribution in [0.3, 0.4) is 0 Å². The zero-order valence-electron chi connectivity index (χ0n) is 12.7. The lowest BCUT2D eigenvalue weighted by Crippen LogP contribution is -2.25. The molecule has 0 bridgehead atoms. The first-order valence-electron chi connectivity index (χ1n) is 7.51. The number of hydrogen-bond acceptors (Lipinski definition) is 3. The van der Waals surface area contributed by atoms with Crippen molar-refractivity contribution in [1.82, 2.24) is 5.32 Å². The Hall–Kier alpha value is -1.81. The fourth-order valence-corrected chi connectivity index (χ4v) is 2.36. The second kappa shape index (κ2) is 7.84. The van der Waals surface area contributed by atoms with Gasteiger partial charge >= 0.3 is 0 Å². The number of hydrogen-bond donors (Lipinski definition) is 1. The molecule has 21 heavy (non-hydrogen) atoms. The van der Waals surface area contributed by atoms with Gasteiger partial charge in [0.05, 0.1) is 12.8 Å². The van der Waals surface area contributed by atoms with Crippen LogP contribution in [0.15, 0.2) is 41.0 Å². The van der Waals surface area contributed by atoms with E-state index in [0.29, 0.717) is 13.1 Å². The van der Waals surface area contributed by atoms with Crippen LogP contribution in [0.25, 0.3) is 0 Å². The fraction of sp³-hybridized carbons (Fsp3) is 0.412. The van der Waals surface area contributed by atoms with Crippen LogP contribution in [-0.4, -0.2) is 13.1 Å². The molecule has 2 aromatic rings. The van der Waals surface area contributed by atoms with Gasteiger partial charge in [-0.05, 0) is 55.8 Å². The maximum absolute atomic E-state index is 13.5. The van der Waals surface area contributed by atoms with Crippen LogP contribution >= 0.6 is 0 Å². The van der Waals surface area contributed by atoms with Gasteiger partial charge in [0, 0.05) is 18.8 Å². The van der Waals surface area contributed by atoms with Crippen LogP contribution in [0.1, 0.15) is 31.6 Å². The summed E-state index contributed by atoms with van der Waals surface area (Å²) in [6.45, 7) is 7.35. The van der Waals surface area contributed by atoms with Gasteiger partial charge in [-0.25, -0.2) is 4.39 Å². The summed E-state index contributed by atoms with van der Waals surface area (Å²) in [5.74, 6) is 0.717. The number of rotatable bonds is 8. The Morgan fingerprint density at radius 3 is 2.76 bits per heavy atom. The van der Waals surface area contributed by atoms with Gasteiger partial charge in [-0.2, -0.15) is 0 Å². The van der Waals surface area contributed by atoms with Crippen molar-refractivity contribution in [2.75, 3.05) is 18.0 Å². The van der Waals surface area contributed by atoms with Crippen LogP contribution in [-0.2, 0) is 13.1 Å². The molecule has 3 nitrogen and oxygen atoms in total. The second-order valence-electron chi connectivity index (χ2n) is 5.04. The third-order valence-corrected chi connectivity index (χ3v) is 3.43. The van der Waals surface area contributed by atoms with E-state index in [-0.39, 0.29) is 5.82 Å². The molecule has 2 rings (SSSR count). The van der Waals surface area contributed by atoms with E-state index in [4.69, 9.17) is 4.42 Å². The van der Waals surface area contributed by atoms with Gasteiger partial charge in [-0.15, -0.1) is 0 Å². The quantitative estimate of drug-likeness (QED) is 0.746. The van der Waals surface area contributed by atoms with Crippen LogP contribution in [0, 0.1) is 5.82 Å². The van der Waals surface area contributed by atoms with E-state index in [2.05, 4.69) is 24.1 Å². The molecule has 1 heterocycles. The van der Waals surface area contributed by atoms with Gasteiger partial charge in [0.2, 0.25) is 0 Å². The third-order valence-electron chi connectivity index (χ3n) is 3.43. The predicted molar refractivity (Wildman–Crippen MR) is 83.8 cm³/mol. The molecule has 114 valence electrons. The standard InChI is InChI=1S/C17H23FN2O/c1-3-9-19-12-14-11-15(18)7-8-17(14)20(4-2)13-16-6-5-10-21-16/h5-8,10-11,19H,3-4,9,12-13H2,1-2H3. The molecule has 0 saturated carbocycles.